The summed E-state index contributed by atoms with van der Waals surface area (Å²) in [5, 5.41) is 10.6. The summed E-state index contributed by atoms with van der Waals surface area (Å²) in [7, 11) is 0. The summed E-state index contributed by atoms with van der Waals surface area (Å²) in [6, 6.07) is 3.12. The number of hydrogen-bond donors (Lipinski definition) is 1. The van der Waals surface area contributed by atoms with E-state index in [1.807, 2.05) is 0 Å². The van der Waals surface area contributed by atoms with E-state index in [1.54, 1.807) is 17.0 Å². The highest BCUT2D eigenvalue weighted by atomic mass is 35.5. The lowest BCUT2D eigenvalue weighted by molar-refractivity contribution is 0.0669. The van der Waals surface area contributed by atoms with Gasteiger partial charge in [0, 0.05) is 31.5 Å². The minimum Gasteiger partial charge on any atom is -0.346 e. The van der Waals surface area contributed by atoms with Gasteiger partial charge in [-0.05, 0) is 25.0 Å². The topological polar surface area (TPSA) is 101 Å². The fourth-order valence-corrected chi connectivity index (χ4v) is 2.78. The zero-order valence-corrected chi connectivity index (χ0v) is 13.5. The summed E-state index contributed by atoms with van der Waals surface area (Å²) in [5.74, 6) is -0.566. The van der Waals surface area contributed by atoms with E-state index in [9.17, 15) is 9.59 Å². The van der Waals surface area contributed by atoms with Crippen LogP contribution in [0.2, 0.25) is 5.02 Å². The molecule has 1 N–H and O–H groups in total. The van der Waals surface area contributed by atoms with Crippen molar-refractivity contribution in [2.45, 2.75) is 18.9 Å². The standard InChI is InChI=1S/C15H15ClN6O2/c16-11-7-17-9-18-13(11)14(23)20-10-3-2-6-22(8-10)15(24)12-4-1-5-19-21-12/h1,4-5,7,9-10H,2-3,6,8H2,(H,20,23)/t10-/m0/s1. The van der Waals surface area contributed by atoms with E-state index in [1.165, 1.54) is 18.7 Å². The normalized spacial score (nSPS) is 17.4. The van der Waals surface area contributed by atoms with Crippen LogP contribution in [-0.4, -0.2) is 56.0 Å². The number of amides is 2. The van der Waals surface area contributed by atoms with Gasteiger partial charge in [-0.1, -0.05) is 11.6 Å². The van der Waals surface area contributed by atoms with Gasteiger partial charge in [-0.25, -0.2) is 9.97 Å². The smallest absolute Gasteiger partial charge is 0.274 e. The molecule has 2 amide bonds. The van der Waals surface area contributed by atoms with Gasteiger partial charge in [0.15, 0.2) is 5.69 Å². The van der Waals surface area contributed by atoms with E-state index in [2.05, 4.69) is 25.5 Å². The Kier molecular flexibility index (Phi) is 4.95. The molecular weight excluding hydrogens is 332 g/mol. The molecule has 1 aliphatic heterocycles. The number of nitrogens with one attached hydrogen (secondary N) is 1. The Labute approximate surface area is 143 Å². The lowest BCUT2D eigenvalue weighted by Gasteiger charge is -2.32. The summed E-state index contributed by atoms with van der Waals surface area (Å²) in [5.41, 5.74) is 0.423. The predicted molar refractivity (Wildman–Crippen MR) is 85.5 cm³/mol. The molecule has 1 saturated heterocycles. The van der Waals surface area contributed by atoms with Crippen LogP contribution in [-0.2, 0) is 0 Å². The Morgan fingerprint density at radius 3 is 3.00 bits per heavy atom. The van der Waals surface area contributed by atoms with Crippen LogP contribution in [0.4, 0.5) is 0 Å². The third-order valence-electron chi connectivity index (χ3n) is 3.72. The van der Waals surface area contributed by atoms with Gasteiger partial charge in [0.05, 0.1) is 5.02 Å². The maximum Gasteiger partial charge on any atom is 0.274 e. The highest BCUT2D eigenvalue weighted by Crippen LogP contribution is 2.15. The fraction of sp³-hybridized carbons (Fsp3) is 0.333. The zero-order valence-electron chi connectivity index (χ0n) is 12.7. The van der Waals surface area contributed by atoms with Crippen molar-refractivity contribution >= 4 is 23.4 Å². The first-order valence-corrected chi connectivity index (χ1v) is 7.86. The van der Waals surface area contributed by atoms with Crippen molar-refractivity contribution in [3.63, 3.8) is 0 Å². The quantitative estimate of drug-likeness (QED) is 0.888. The van der Waals surface area contributed by atoms with E-state index in [0.717, 1.165) is 12.8 Å². The van der Waals surface area contributed by atoms with Gasteiger partial charge < -0.3 is 10.2 Å². The maximum atomic E-state index is 12.4. The highest BCUT2D eigenvalue weighted by molar-refractivity contribution is 6.33. The second-order valence-electron chi connectivity index (χ2n) is 5.39. The molecule has 1 fully saturated rings. The molecule has 2 aromatic heterocycles. The zero-order chi connectivity index (χ0) is 16.9. The molecule has 0 saturated carbocycles. The van der Waals surface area contributed by atoms with Crippen molar-refractivity contribution in [1.82, 2.24) is 30.4 Å². The SMILES string of the molecule is O=C(N[C@H]1CCCN(C(=O)c2cccnn2)C1)c1ncncc1Cl. The Bertz CT molecular complexity index is 742. The first-order chi connectivity index (χ1) is 11.6. The number of hydrogen-bond acceptors (Lipinski definition) is 6. The van der Waals surface area contributed by atoms with Gasteiger partial charge in [-0.15, -0.1) is 5.10 Å². The van der Waals surface area contributed by atoms with E-state index in [-0.39, 0.29) is 28.6 Å². The summed E-state index contributed by atoms with van der Waals surface area (Å²) in [4.78, 5) is 34.0. The molecule has 24 heavy (non-hydrogen) atoms. The molecule has 2 aromatic rings. The first kappa shape index (κ1) is 16.3. The molecule has 0 bridgehead atoms. The molecule has 3 heterocycles. The molecule has 3 rings (SSSR count). The van der Waals surface area contributed by atoms with Crippen molar-refractivity contribution in [3.05, 3.63) is 47.3 Å². The van der Waals surface area contributed by atoms with Crippen LogP contribution in [0, 0.1) is 0 Å². The predicted octanol–water partition coefficient (Wildman–Crippen LogP) is 0.955. The maximum absolute atomic E-state index is 12.4. The van der Waals surface area contributed by atoms with Gasteiger partial charge in [0.25, 0.3) is 11.8 Å². The van der Waals surface area contributed by atoms with E-state index in [4.69, 9.17) is 11.6 Å². The number of carbonyl (C=O) groups excluding carboxylic acids is 2. The third kappa shape index (κ3) is 3.65. The lowest BCUT2D eigenvalue weighted by atomic mass is 10.0. The Balaban J connectivity index is 1.65. The number of aromatic nitrogens is 4. The molecule has 0 unspecified atom stereocenters. The molecule has 1 atom stereocenters. The Hall–Kier alpha value is -2.61. The minimum atomic E-state index is -0.374. The second-order valence-corrected chi connectivity index (χ2v) is 5.80. The molecule has 0 radical (unpaired) electrons. The molecule has 9 heteroatoms. The number of carbonyl (C=O) groups is 2. The van der Waals surface area contributed by atoms with Crippen LogP contribution < -0.4 is 5.32 Å². The van der Waals surface area contributed by atoms with Gasteiger partial charge in [-0.2, -0.15) is 5.10 Å². The van der Waals surface area contributed by atoms with Gasteiger partial charge in [-0.3, -0.25) is 9.59 Å². The summed E-state index contributed by atoms with van der Waals surface area (Å²) >= 11 is 5.93. The van der Waals surface area contributed by atoms with Crippen LogP contribution in [0.25, 0.3) is 0 Å². The van der Waals surface area contributed by atoms with Crippen molar-refractivity contribution in [1.29, 1.82) is 0 Å². The molecule has 8 nitrogen and oxygen atoms in total. The first-order valence-electron chi connectivity index (χ1n) is 7.48. The van der Waals surface area contributed by atoms with Crippen molar-refractivity contribution in [3.8, 4) is 0 Å². The van der Waals surface area contributed by atoms with Gasteiger partial charge >= 0.3 is 0 Å². The molecule has 1 aliphatic rings. The molecule has 124 valence electrons. The van der Waals surface area contributed by atoms with E-state index >= 15 is 0 Å². The van der Waals surface area contributed by atoms with Crippen LogP contribution in [0.15, 0.2) is 30.9 Å². The largest absolute Gasteiger partial charge is 0.346 e. The van der Waals surface area contributed by atoms with Gasteiger partial charge in [0.1, 0.15) is 12.0 Å². The average Bonchev–Trinajstić information content (AvgIpc) is 2.62. The molecule has 0 aromatic carbocycles. The van der Waals surface area contributed by atoms with Crippen LogP contribution in [0.3, 0.4) is 0 Å². The third-order valence-corrected chi connectivity index (χ3v) is 3.99. The van der Waals surface area contributed by atoms with Crippen LogP contribution >= 0.6 is 11.6 Å². The number of rotatable bonds is 3. The number of likely N-dealkylation sites (tertiary alicyclic amines) is 1. The van der Waals surface area contributed by atoms with E-state index in [0.29, 0.717) is 18.8 Å². The van der Waals surface area contributed by atoms with Crippen molar-refractivity contribution < 1.29 is 9.59 Å². The summed E-state index contributed by atoms with van der Waals surface area (Å²) in [6.45, 7) is 1.03. The van der Waals surface area contributed by atoms with E-state index < -0.39 is 0 Å². The number of piperidine rings is 1. The second kappa shape index (κ2) is 7.31. The van der Waals surface area contributed by atoms with Crippen molar-refractivity contribution in [2.24, 2.45) is 0 Å². The Morgan fingerprint density at radius 2 is 2.25 bits per heavy atom. The molecule has 0 aliphatic carbocycles. The summed E-state index contributed by atoms with van der Waals surface area (Å²) < 4.78 is 0. The lowest BCUT2D eigenvalue weighted by Crippen LogP contribution is -2.50. The number of halogens is 1. The monoisotopic (exact) mass is 346 g/mol. The minimum absolute atomic E-state index is 0.129. The van der Waals surface area contributed by atoms with Crippen LogP contribution in [0.1, 0.15) is 33.8 Å². The highest BCUT2D eigenvalue weighted by Gasteiger charge is 2.27. The summed E-state index contributed by atoms with van der Waals surface area (Å²) in [6.07, 6.45) is 5.72. The average molecular weight is 347 g/mol. The number of nitrogens with zero attached hydrogens (tertiary/aromatic N) is 5. The molecular formula is C15H15ClN6O2. The Morgan fingerprint density at radius 1 is 1.38 bits per heavy atom. The fourth-order valence-electron chi connectivity index (χ4n) is 2.59. The van der Waals surface area contributed by atoms with Crippen molar-refractivity contribution in [2.75, 3.05) is 13.1 Å². The van der Waals surface area contributed by atoms with Gasteiger partial charge in [0.2, 0.25) is 0 Å². The van der Waals surface area contributed by atoms with Crippen LogP contribution in [0.5, 0.6) is 0 Å². The molecule has 0 spiro atoms.